The van der Waals surface area contributed by atoms with Crippen LogP contribution in [0.5, 0.6) is 0 Å². The standard InChI is InChI=1S/C20H18Cl2N6O4S/c1-27-17(8-9-23-19(30)12-2-7-15(21)16(22)10-12)25-26-20(27)33-11-18(29)24-13-3-5-14(6-4-13)28(31)32/h2-7,10H,8-9,11H2,1H3,(H,23,30)(H,24,29). The number of hydrogen-bond acceptors (Lipinski definition) is 7. The lowest BCUT2D eigenvalue weighted by atomic mass is 10.2. The van der Waals surface area contributed by atoms with Crippen LogP contribution in [0.4, 0.5) is 11.4 Å². The van der Waals surface area contributed by atoms with E-state index in [1.807, 2.05) is 0 Å². The Labute approximate surface area is 202 Å². The molecule has 0 saturated heterocycles. The van der Waals surface area contributed by atoms with Crippen LogP contribution in [0, 0.1) is 10.1 Å². The lowest BCUT2D eigenvalue weighted by Crippen LogP contribution is -2.26. The molecule has 2 N–H and O–H groups in total. The van der Waals surface area contributed by atoms with Crippen LogP contribution in [-0.4, -0.2) is 43.8 Å². The number of nitro groups is 1. The van der Waals surface area contributed by atoms with Crippen molar-refractivity contribution in [2.24, 2.45) is 7.05 Å². The highest BCUT2D eigenvalue weighted by Crippen LogP contribution is 2.22. The van der Waals surface area contributed by atoms with Gasteiger partial charge in [-0.25, -0.2) is 0 Å². The highest BCUT2D eigenvalue weighted by Gasteiger charge is 2.13. The third kappa shape index (κ3) is 6.67. The number of nitrogens with one attached hydrogen (secondary N) is 2. The predicted octanol–water partition coefficient (Wildman–Crippen LogP) is 3.73. The van der Waals surface area contributed by atoms with Gasteiger partial charge in [-0.15, -0.1) is 10.2 Å². The molecule has 1 aromatic heterocycles. The quantitative estimate of drug-likeness (QED) is 0.255. The lowest BCUT2D eigenvalue weighted by Gasteiger charge is -2.07. The highest BCUT2D eigenvalue weighted by atomic mass is 35.5. The maximum Gasteiger partial charge on any atom is 0.269 e. The van der Waals surface area contributed by atoms with Gasteiger partial charge in [0, 0.05) is 43.4 Å². The first-order valence-corrected chi connectivity index (χ1v) is 11.3. The molecule has 1 heterocycles. The molecule has 0 atom stereocenters. The third-order valence-corrected chi connectivity index (χ3v) is 6.19. The zero-order chi connectivity index (χ0) is 24.0. The third-order valence-electron chi connectivity index (χ3n) is 4.44. The van der Waals surface area contributed by atoms with E-state index in [1.54, 1.807) is 23.7 Å². The van der Waals surface area contributed by atoms with E-state index in [0.717, 1.165) is 0 Å². The van der Waals surface area contributed by atoms with Gasteiger partial charge in [-0.2, -0.15) is 0 Å². The molecular formula is C20H18Cl2N6O4S. The Morgan fingerprint density at radius 3 is 2.52 bits per heavy atom. The Hall–Kier alpha value is -3.15. The number of halogens is 2. The van der Waals surface area contributed by atoms with Crippen molar-refractivity contribution in [3.8, 4) is 0 Å². The van der Waals surface area contributed by atoms with Gasteiger partial charge < -0.3 is 15.2 Å². The van der Waals surface area contributed by atoms with Gasteiger partial charge in [0.05, 0.1) is 20.7 Å². The minimum atomic E-state index is -0.508. The zero-order valence-electron chi connectivity index (χ0n) is 17.2. The van der Waals surface area contributed by atoms with Crippen molar-refractivity contribution < 1.29 is 14.5 Å². The van der Waals surface area contributed by atoms with Crippen LogP contribution < -0.4 is 10.6 Å². The normalized spacial score (nSPS) is 10.6. The number of aromatic nitrogens is 3. The molecule has 0 aliphatic carbocycles. The first-order chi connectivity index (χ1) is 15.7. The summed E-state index contributed by atoms with van der Waals surface area (Å²) in [5, 5.41) is 25.5. The van der Waals surface area contributed by atoms with E-state index >= 15 is 0 Å². The first-order valence-electron chi connectivity index (χ1n) is 9.53. The smallest absolute Gasteiger partial charge is 0.269 e. The van der Waals surface area contributed by atoms with Crippen molar-refractivity contribution >= 4 is 58.2 Å². The molecule has 0 saturated carbocycles. The van der Waals surface area contributed by atoms with Crippen molar-refractivity contribution in [3.05, 3.63) is 74.0 Å². The van der Waals surface area contributed by atoms with Gasteiger partial charge in [-0.3, -0.25) is 19.7 Å². The number of amides is 2. The van der Waals surface area contributed by atoms with Crippen LogP contribution in [0.15, 0.2) is 47.6 Å². The number of thioether (sulfide) groups is 1. The number of benzene rings is 2. The second kappa shape index (κ2) is 11.1. The van der Waals surface area contributed by atoms with Gasteiger partial charge in [-0.05, 0) is 30.3 Å². The Morgan fingerprint density at radius 2 is 1.85 bits per heavy atom. The van der Waals surface area contributed by atoms with E-state index in [0.29, 0.717) is 45.2 Å². The molecule has 0 spiro atoms. The van der Waals surface area contributed by atoms with E-state index < -0.39 is 4.92 Å². The average Bonchev–Trinajstić information content (AvgIpc) is 3.14. The average molecular weight is 509 g/mol. The Balaban J connectivity index is 1.46. The SMILES string of the molecule is Cn1c(CCNC(=O)c2ccc(Cl)c(Cl)c2)nnc1SCC(=O)Nc1ccc([N+](=O)[O-])cc1. The molecule has 0 bridgehead atoms. The predicted molar refractivity (Wildman–Crippen MR) is 126 cm³/mol. The molecule has 13 heteroatoms. The largest absolute Gasteiger partial charge is 0.352 e. The van der Waals surface area contributed by atoms with Crippen molar-refractivity contribution in [2.45, 2.75) is 11.6 Å². The molecule has 2 amide bonds. The molecule has 2 aromatic carbocycles. The fraction of sp³-hybridized carbons (Fsp3) is 0.200. The summed E-state index contributed by atoms with van der Waals surface area (Å²) in [5.74, 6) is 0.153. The number of carbonyl (C=O) groups excluding carboxylic acids is 2. The van der Waals surface area contributed by atoms with Crippen LogP contribution in [-0.2, 0) is 18.3 Å². The summed E-state index contributed by atoms with van der Waals surface area (Å²) in [6.07, 6.45) is 0.437. The number of nitrogens with zero attached hydrogens (tertiary/aromatic N) is 4. The van der Waals surface area contributed by atoms with Crippen LogP contribution in [0.1, 0.15) is 16.2 Å². The number of rotatable bonds is 9. The molecule has 0 aliphatic heterocycles. The Kier molecular flexibility index (Phi) is 8.26. The molecule has 3 rings (SSSR count). The first kappa shape index (κ1) is 24.5. The monoisotopic (exact) mass is 508 g/mol. The van der Waals surface area contributed by atoms with Gasteiger partial charge in [0.1, 0.15) is 5.82 Å². The van der Waals surface area contributed by atoms with E-state index in [2.05, 4.69) is 20.8 Å². The molecular weight excluding hydrogens is 491 g/mol. The summed E-state index contributed by atoms with van der Waals surface area (Å²) in [7, 11) is 1.77. The van der Waals surface area contributed by atoms with Gasteiger partial charge in [0.2, 0.25) is 5.91 Å². The van der Waals surface area contributed by atoms with Crippen molar-refractivity contribution in [2.75, 3.05) is 17.6 Å². The second-order valence-corrected chi connectivity index (χ2v) is 8.49. The highest BCUT2D eigenvalue weighted by molar-refractivity contribution is 7.99. The van der Waals surface area contributed by atoms with E-state index in [-0.39, 0.29) is 23.3 Å². The van der Waals surface area contributed by atoms with Gasteiger partial charge in [-0.1, -0.05) is 35.0 Å². The van der Waals surface area contributed by atoms with Crippen molar-refractivity contribution in [1.82, 2.24) is 20.1 Å². The molecule has 0 radical (unpaired) electrons. The van der Waals surface area contributed by atoms with E-state index in [1.165, 1.54) is 42.1 Å². The van der Waals surface area contributed by atoms with E-state index in [4.69, 9.17) is 23.2 Å². The zero-order valence-corrected chi connectivity index (χ0v) is 19.6. The summed E-state index contributed by atoms with van der Waals surface area (Å²) < 4.78 is 1.75. The maximum atomic E-state index is 12.2. The fourth-order valence-electron chi connectivity index (χ4n) is 2.71. The molecule has 10 nitrogen and oxygen atoms in total. The number of non-ortho nitro benzene ring substituents is 1. The molecule has 0 unspecified atom stereocenters. The number of carbonyl (C=O) groups is 2. The lowest BCUT2D eigenvalue weighted by molar-refractivity contribution is -0.384. The van der Waals surface area contributed by atoms with E-state index in [9.17, 15) is 19.7 Å². The molecule has 172 valence electrons. The minimum absolute atomic E-state index is 0.0536. The second-order valence-electron chi connectivity index (χ2n) is 6.73. The van der Waals surface area contributed by atoms with Crippen LogP contribution >= 0.6 is 35.0 Å². The van der Waals surface area contributed by atoms with Gasteiger partial charge in [0.15, 0.2) is 5.16 Å². The molecule has 3 aromatic rings. The summed E-state index contributed by atoms with van der Waals surface area (Å²) in [6.45, 7) is 0.330. The number of anilines is 1. The van der Waals surface area contributed by atoms with Crippen molar-refractivity contribution in [1.29, 1.82) is 0 Å². The van der Waals surface area contributed by atoms with Crippen LogP contribution in [0.25, 0.3) is 0 Å². The van der Waals surface area contributed by atoms with Crippen LogP contribution in [0.3, 0.4) is 0 Å². The summed E-state index contributed by atoms with van der Waals surface area (Å²) in [6, 6.07) is 10.2. The summed E-state index contributed by atoms with van der Waals surface area (Å²) in [4.78, 5) is 34.6. The Bertz CT molecular complexity index is 1190. The fourth-order valence-corrected chi connectivity index (χ4v) is 3.74. The molecule has 0 fully saturated rings. The van der Waals surface area contributed by atoms with Crippen LogP contribution in [0.2, 0.25) is 10.0 Å². The van der Waals surface area contributed by atoms with Gasteiger partial charge in [0.25, 0.3) is 11.6 Å². The number of hydrogen-bond donors (Lipinski definition) is 2. The molecule has 0 aliphatic rings. The minimum Gasteiger partial charge on any atom is -0.352 e. The summed E-state index contributed by atoms with van der Waals surface area (Å²) in [5.41, 5.74) is 0.808. The maximum absolute atomic E-state index is 12.2. The van der Waals surface area contributed by atoms with Gasteiger partial charge >= 0.3 is 0 Å². The summed E-state index contributed by atoms with van der Waals surface area (Å²) >= 11 is 13.0. The molecule has 33 heavy (non-hydrogen) atoms. The Morgan fingerprint density at radius 1 is 1.12 bits per heavy atom. The number of nitro benzene ring substituents is 1. The van der Waals surface area contributed by atoms with Crippen molar-refractivity contribution in [3.63, 3.8) is 0 Å². The topological polar surface area (TPSA) is 132 Å².